The zero-order valence-electron chi connectivity index (χ0n) is 15.2. The lowest BCUT2D eigenvalue weighted by molar-refractivity contribution is 0.0993. The Kier molecular flexibility index (Phi) is 4.67. The van der Waals surface area contributed by atoms with Crippen molar-refractivity contribution in [1.29, 1.82) is 0 Å². The standard InChI is InChI=1S/C16H24N6O3/c1-9-13(10(2)22(4)19-9)14-11(6-7-25-14)17-16(23)18-12-8-21(3)20-15(12)24-5/h8,11,14H,6-7H2,1-5H3,(H2,17,18,23)/t11-,14-/m0/s1. The van der Waals surface area contributed by atoms with Gasteiger partial charge in [0.2, 0.25) is 0 Å². The number of nitrogens with one attached hydrogen (secondary N) is 2. The fourth-order valence-electron chi connectivity index (χ4n) is 3.25. The average Bonchev–Trinajstić information content (AvgIpc) is 3.19. The molecule has 1 saturated heterocycles. The number of carbonyl (C=O) groups excluding carboxylic acids is 1. The van der Waals surface area contributed by atoms with Crippen LogP contribution in [0.4, 0.5) is 10.5 Å². The predicted molar refractivity (Wildman–Crippen MR) is 91.7 cm³/mol. The SMILES string of the molecule is COc1nn(C)cc1NC(=O)N[C@H]1CCO[C@@H]1c1c(C)nn(C)c1C. The van der Waals surface area contributed by atoms with Crippen LogP contribution in [0.25, 0.3) is 0 Å². The molecule has 25 heavy (non-hydrogen) atoms. The smallest absolute Gasteiger partial charge is 0.319 e. The number of rotatable bonds is 4. The summed E-state index contributed by atoms with van der Waals surface area (Å²) in [5.41, 5.74) is 3.54. The first kappa shape index (κ1) is 17.3. The van der Waals surface area contributed by atoms with Crippen LogP contribution in [0.3, 0.4) is 0 Å². The van der Waals surface area contributed by atoms with Crippen LogP contribution in [0.5, 0.6) is 5.88 Å². The van der Waals surface area contributed by atoms with Crippen LogP contribution in [-0.2, 0) is 18.8 Å². The topological polar surface area (TPSA) is 95.2 Å². The van der Waals surface area contributed by atoms with Crippen LogP contribution in [0, 0.1) is 13.8 Å². The lowest BCUT2D eigenvalue weighted by Gasteiger charge is -2.20. The fraction of sp³-hybridized carbons (Fsp3) is 0.562. The molecule has 9 heteroatoms. The summed E-state index contributed by atoms with van der Waals surface area (Å²) in [4.78, 5) is 12.4. The number of aromatic nitrogens is 4. The van der Waals surface area contributed by atoms with Crippen LogP contribution in [0.15, 0.2) is 6.20 Å². The van der Waals surface area contributed by atoms with Gasteiger partial charge in [0.25, 0.3) is 5.88 Å². The largest absolute Gasteiger partial charge is 0.478 e. The molecule has 1 aliphatic rings. The van der Waals surface area contributed by atoms with E-state index in [9.17, 15) is 4.79 Å². The number of urea groups is 1. The van der Waals surface area contributed by atoms with E-state index in [1.807, 2.05) is 25.6 Å². The Bertz CT molecular complexity index is 781. The van der Waals surface area contributed by atoms with E-state index in [0.29, 0.717) is 18.2 Å². The van der Waals surface area contributed by atoms with E-state index in [1.54, 1.807) is 17.9 Å². The van der Waals surface area contributed by atoms with Crippen molar-refractivity contribution in [2.75, 3.05) is 19.0 Å². The molecule has 0 radical (unpaired) electrons. The molecule has 0 spiro atoms. The molecule has 0 unspecified atom stereocenters. The Balaban J connectivity index is 1.72. The van der Waals surface area contributed by atoms with Gasteiger partial charge in [0.05, 0.1) is 25.0 Å². The van der Waals surface area contributed by atoms with Gasteiger partial charge in [0, 0.05) is 32.0 Å². The minimum absolute atomic E-state index is 0.121. The summed E-state index contributed by atoms with van der Waals surface area (Å²) in [5, 5.41) is 14.3. The Hall–Kier alpha value is -2.55. The third-order valence-electron chi connectivity index (χ3n) is 4.49. The third kappa shape index (κ3) is 3.32. The van der Waals surface area contributed by atoms with Gasteiger partial charge in [0.1, 0.15) is 11.8 Å². The monoisotopic (exact) mass is 348 g/mol. The Labute approximate surface area is 146 Å². The second-order valence-corrected chi connectivity index (χ2v) is 6.22. The molecule has 0 aromatic carbocycles. The quantitative estimate of drug-likeness (QED) is 0.871. The van der Waals surface area contributed by atoms with E-state index in [-0.39, 0.29) is 18.2 Å². The van der Waals surface area contributed by atoms with Crippen molar-refractivity contribution in [3.8, 4) is 5.88 Å². The molecule has 2 atom stereocenters. The Morgan fingerprint density at radius 3 is 2.76 bits per heavy atom. The van der Waals surface area contributed by atoms with Crippen LogP contribution in [0.1, 0.15) is 29.5 Å². The van der Waals surface area contributed by atoms with E-state index < -0.39 is 0 Å². The summed E-state index contributed by atoms with van der Waals surface area (Å²) in [6.45, 7) is 4.57. The maximum atomic E-state index is 12.4. The van der Waals surface area contributed by atoms with Gasteiger partial charge >= 0.3 is 6.03 Å². The van der Waals surface area contributed by atoms with Gasteiger partial charge in [-0.2, -0.15) is 5.10 Å². The van der Waals surface area contributed by atoms with Gasteiger partial charge in [-0.25, -0.2) is 4.79 Å². The maximum Gasteiger partial charge on any atom is 0.319 e. The first-order valence-corrected chi connectivity index (χ1v) is 8.17. The van der Waals surface area contributed by atoms with Crippen molar-refractivity contribution in [3.05, 3.63) is 23.1 Å². The number of carbonyl (C=O) groups is 1. The van der Waals surface area contributed by atoms with E-state index in [4.69, 9.17) is 9.47 Å². The molecule has 0 aliphatic carbocycles. The van der Waals surface area contributed by atoms with Crippen molar-refractivity contribution >= 4 is 11.7 Å². The first-order valence-electron chi connectivity index (χ1n) is 8.17. The maximum absolute atomic E-state index is 12.4. The second kappa shape index (κ2) is 6.75. The molecule has 2 aromatic heterocycles. The molecule has 2 N–H and O–H groups in total. The van der Waals surface area contributed by atoms with Crippen LogP contribution >= 0.6 is 0 Å². The van der Waals surface area contributed by atoms with Crippen LogP contribution in [-0.4, -0.2) is 45.4 Å². The number of anilines is 1. The van der Waals surface area contributed by atoms with Crippen molar-refractivity contribution in [2.45, 2.75) is 32.4 Å². The minimum atomic E-state index is -0.314. The highest BCUT2D eigenvalue weighted by molar-refractivity contribution is 5.90. The number of ether oxygens (including phenoxy) is 2. The molecule has 0 bridgehead atoms. The van der Waals surface area contributed by atoms with E-state index in [0.717, 1.165) is 23.4 Å². The predicted octanol–water partition coefficient (Wildman–Crippen LogP) is 1.43. The molecule has 136 valence electrons. The zero-order chi connectivity index (χ0) is 18.1. The molecule has 2 amide bonds. The molecular formula is C16H24N6O3. The molecule has 1 fully saturated rings. The number of aryl methyl sites for hydroxylation is 3. The third-order valence-corrected chi connectivity index (χ3v) is 4.49. The average molecular weight is 348 g/mol. The molecule has 2 aromatic rings. The molecular weight excluding hydrogens is 324 g/mol. The minimum Gasteiger partial charge on any atom is -0.478 e. The molecule has 0 saturated carbocycles. The van der Waals surface area contributed by atoms with Gasteiger partial charge in [-0.3, -0.25) is 9.36 Å². The fourth-order valence-corrected chi connectivity index (χ4v) is 3.25. The zero-order valence-corrected chi connectivity index (χ0v) is 15.2. The van der Waals surface area contributed by atoms with Gasteiger partial charge in [-0.15, -0.1) is 5.10 Å². The summed E-state index contributed by atoms with van der Waals surface area (Å²) in [6, 6.07) is -0.435. The highest BCUT2D eigenvalue weighted by Crippen LogP contribution is 2.33. The van der Waals surface area contributed by atoms with Gasteiger partial charge in [-0.1, -0.05) is 0 Å². The van der Waals surface area contributed by atoms with Crippen LogP contribution in [0.2, 0.25) is 0 Å². The highest BCUT2D eigenvalue weighted by Gasteiger charge is 2.34. The van der Waals surface area contributed by atoms with E-state index >= 15 is 0 Å². The summed E-state index contributed by atoms with van der Waals surface area (Å²) >= 11 is 0. The van der Waals surface area contributed by atoms with Crippen molar-refractivity contribution < 1.29 is 14.3 Å². The number of nitrogens with zero attached hydrogens (tertiary/aromatic N) is 4. The number of hydrogen-bond donors (Lipinski definition) is 2. The van der Waals surface area contributed by atoms with E-state index in [1.165, 1.54) is 7.11 Å². The molecule has 3 heterocycles. The number of amides is 2. The summed E-state index contributed by atoms with van der Waals surface area (Å²) in [5.74, 6) is 0.371. The molecule has 3 rings (SSSR count). The van der Waals surface area contributed by atoms with Crippen molar-refractivity contribution in [3.63, 3.8) is 0 Å². The Morgan fingerprint density at radius 1 is 1.36 bits per heavy atom. The summed E-state index contributed by atoms with van der Waals surface area (Å²) < 4.78 is 14.5. The first-order chi connectivity index (χ1) is 11.9. The van der Waals surface area contributed by atoms with Gasteiger partial charge < -0.3 is 20.1 Å². The molecule has 9 nitrogen and oxygen atoms in total. The summed E-state index contributed by atoms with van der Waals surface area (Å²) in [7, 11) is 5.19. The molecule has 1 aliphatic heterocycles. The van der Waals surface area contributed by atoms with Crippen molar-refractivity contribution in [2.24, 2.45) is 14.1 Å². The lowest BCUT2D eigenvalue weighted by Crippen LogP contribution is -2.39. The number of hydrogen-bond acceptors (Lipinski definition) is 5. The second-order valence-electron chi connectivity index (χ2n) is 6.22. The van der Waals surface area contributed by atoms with E-state index in [2.05, 4.69) is 20.8 Å². The van der Waals surface area contributed by atoms with Gasteiger partial charge in [0.15, 0.2) is 0 Å². The Morgan fingerprint density at radius 2 is 2.12 bits per heavy atom. The van der Waals surface area contributed by atoms with Gasteiger partial charge in [-0.05, 0) is 20.3 Å². The lowest BCUT2D eigenvalue weighted by atomic mass is 10.0. The summed E-state index contributed by atoms with van der Waals surface area (Å²) in [6.07, 6.45) is 2.24. The van der Waals surface area contributed by atoms with Crippen LogP contribution < -0.4 is 15.4 Å². The number of methoxy groups -OCH3 is 1. The normalized spacial score (nSPS) is 19.9. The van der Waals surface area contributed by atoms with Crippen molar-refractivity contribution in [1.82, 2.24) is 24.9 Å². The highest BCUT2D eigenvalue weighted by atomic mass is 16.5.